The van der Waals surface area contributed by atoms with Crippen LogP contribution in [0.5, 0.6) is 0 Å². The average molecular weight is 233 g/mol. The van der Waals surface area contributed by atoms with E-state index >= 15 is 0 Å². The molecular weight excluding hydrogens is 213 g/mol. The van der Waals surface area contributed by atoms with E-state index in [1.807, 2.05) is 19.1 Å². The molecule has 92 valence electrons. The van der Waals surface area contributed by atoms with Crippen molar-refractivity contribution < 1.29 is 4.39 Å². The summed E-state index contributed by atoms with van der Waals surface area (Å²) >= 11 is 0. The van der Waals surface area contributed by atoms with Crippen molar-refractivity contribution in [3.05, 3.63) is 47.8 Å². The van der Waals surface area contributed by atoms with Gasteiger partial charge in [0, 0.05) is 11.6 Å². The highest BCUT2D eigenvalue weighted by atomic mass is 19.1. The fourth-order valence-electron chi connectivity index (χ4n) is 2.32. The highest BCUT2D eigenvalue weighted by Gasteiger charge is 2.13. The second-order valence-electron chi connectivity index (χ2n) is 4.80. The molecule has 1 aliphatic rings. The summed E-state index contributed by atoms with van der Waals surface area (Å²) in [5, 5.41) is 3.44. The van der Waals surface area contributed by atoms with Gasteiger partial charge in [-0.05, 0) is 44.7 Å². The molecule has 17 heavy (non-hydrogen) atoms. The van der Waals surface area contributed by atoms with E-state index < -0.39 is 0 Å². The summed E-state index contributed by atoms with van der Waals surface area (Å²) in [7, 11) is 0. The number of allylic oxidation sites excluding steroid dienone is 2. The van der Waals surface area contributed by atoms with Gasteiger partial charge in [0.05, 0.1) is 0 Å². The molecule has 1 nitrogen and oxygen atoms in total. The van der Waals surface area contributed by atoms with Gasteiger partial charge in [0.2, 0.25) is 0 Å². The zero-order chi connectivity index (χ0) is 12.1. The maximum Gasteiger partial charge on any atom is 0.127 e. The van der Waals surface area contributed by atoms with Crippen LogP contribution in [-0.4, -0.2) is 6.54 Å². The van der Waals surface area contributed by atoms with E-state index in [0.29, 0.717) is 5.92 Å². The largest absolute Gasteiger partial charge is 0.310 e. The first-order chi connectivity index (χ1) is 8.27. The van der Waals surface area contributed by atoms with Gasteiger partial charge in [-0.25, -0.2) is 4.39 Å². The van der Waals surface area contributed by atoms with Crippen LogP contribution in [-0.2, 0) is 0 Å². The van der Waals surface area contributed by atoms with E-state index in [9.17, 15) is 4.39 Å². The van der Waals surface area contributed by atoms with Crippen LogP contribution in [0, 0.1) is 11.7 Å². The molecule has 0 fully saturated rings. The van der Waals surface area contributed by atoms with Gasteiger partial charge in [-0.1, -0.05) is 30.4 Å². The van der Waals surface area contributed by atoms with Crippen LogP contribution in [0.4, 0.5) is 4.39 Å². The first-order valence-electron chi connectivity index (χ1n) is 6.40. The molecule has 2 atom stereocenters. The summed E-state index contributed by atoms with van der Waals surface area (Å²) < 4.78 is 13.6. The van der Waals surface area contributed by atoms with Crippen LogP contribution in [0.25, 0.3) is 0 Å². The predicted octanol–water partition coefficient (Wildman–Crippen LogP) is 3.83. The van der Waals surface area contributed by atoms with Gasteiger partial charge in [0.1, 0.15) is 5.82 Å². The van der Waals surface area contributed by atoms with Gasteiger partial charge < -0.3 is 5.32 Å². The lowest BCUT2D eigenvalue weighted by molar-refractivity contribution is 0.410. The van der Waals surface area contributed by atoms with Crippen molar-refractivity contribution in [1.82, 2.24) is 5.32 Å². The quantitative estimate of drug-likeness (QED) is 0.779. The van der Waals surface area contributed by atoms with Crippen molar-refractivity contribution in [2.75, 3.05) is 6.54 Å². The number of hydrogen-bond donors (Lipinski definition) is 1. The SMILES string of the molecule is C[C@@H](NCC1CC=CCC1)c1ccccc1F. The number of hydrogen-bond acceptors (Lipinski definition) is 1. The Morgan fingerprint density at radius 3 is 2.88 bits per heavy atom. The van der Waals surface area contributed by atoms with E-state index in [2.05, 4.69) is 17.5 Å². The summed E-state index contributed by atoms with van der Waals surface area (Å²) in [5.41, 5.74) is 0.763. The summed E-state index contributed by atoms with van der Waals surface area (Å²) in [6.45, 7) is 3.00. The minimum Gasteiger partial charge on any atom is -0.310 e. The van der Waals surface area contributed by atoms with Gasteiger partial charge in [-0.3, -0.25) is 0 Å². The second-order valence-corrected chi connectivity index (χ2v) is 4.80. The molecule has 0 radical (unpaired) electrons. The van der Waals surface area contributed by atoms with Gasteiger partial charge in [0.15, 0.2) is 0 Å². The molecule has 0 spiro atoms. The molecule has 1 unspecified atom stereocenters. The maximum absolute atomic E-state index is 13.6. The molecule has 0 saturated carbocycles. The van der Waals surface area contributed by atoms with Gasteiger partial charge in [-0.2, -0.15) is 0 Å². The number of rotatable bonds is 4. The standard InChI is InChI=1S/C15H20FN/c1-12(14-9-5-6-10-15(14)16)17-11-13-7-3-2-4-8-13/h2-3,5-6,9-10,12-13,17H,4,7-8,11H2,1H3/t12-,13?/m1/s1. The second kappa shape index (κ2) is 5.97. The molecule has 0 aromatic heterocycles. The Labute approximate surface area is 103 Å². The van der Waals surface area contributed by atoms with Crippen LogP contribution in [0.2, 0.25) is 0 Å². The molecule has 0 saturated heterocycles. The molecule has 1 aromatic carbocycles. The first kappa shape index (κ1) is 12.3. The third kappa shape index (κ3) is 3.40. The van der Waals surface area contributed by atoms with E-state index in [0.717, 1.165) is 18.5 Å². The van der Waals surface area contributed by atoms with Crippen molar-refractivity contribution in [3.8, 4) is 0 Å². The highest BCUT2D eigenvalue weighted by Crippen LogP contribution is 2.20. The Balaban J connectivity index is 1.87. The first-order valence-corrected chi connectivity index (χ1v) is 6.40. The topological polar surface area (TPSA) is 12.0 Å². The minimum atomic E-state index is -0.115. The number of halogens is 1. The van der Waals surface area contributed by atoms with Crippen LogP contribution in [0.1, 0.15) is 37.8 Å². The lowest BCUT2D eigenvalue weighted by atomic mass is 9.94. The fraction of sp³-hybridized carbons (Fsp3) is 0.467. The fourth-order valence-corrected chi connectivity index (χ4v) is 2.32. The van der Waals surface area contributed by atoms with Crippen molar-refractivity contribution >= 4 is 0 Å². The van der Waals surface area contributed by atoms with Crippen molar-refractivity contribution in [1.29, 1.82) is 0 Å². The van der Waals surface area contributed by atoms with Crippen LogP contribution in [0.15, 0.2) is 36.4 Å². The monoisotopic (exact) mass is 233 g/mol. The third-order valence-electron chi connectivity index (χ3n) is 3.46. The molecule has 2 heteroatoms. The van der Waals surface area contributed by atoms with Crippen molar-refractivity contribution in [3.63, 3.8) is 0 Å². The Kier molecular flexibility index (Phi) is 4.32. The van der Waals surface area contributed by atoms with Gasteiger partial charge >= 0.3 is 0 Å². The Hall–Kier alpha value is -1.15. The molecule has 1 aromatic rings. The summed E-state index contributed by atoms with van der Waals surface area (Å²) in [5.74, 6) is 0.588. The number of nitrogens with one attached hydrogen (secondary N) is 1. The number of benzene rings is 1. The average Bonchev–Trinajstić information content (AvgIpc) is 2.38. The van der Waals surface area contributed by atoms with E-state index in [-0.39, 0.29) is 11.9 Å². The van der Waals surface area contributed by atoms with Crippen LogP contribution >= 0.6 is 0 Å². The molecule has 1 N–H and O–H groups in total. The third-order valence-corrected chi connectivity index (χ3v) is 3.46. The molecule has 2 rings (SSSR count). The van der Waals surface area contributed by atoms with Crippen LogP contribution in [0.3, 0.4) is 0 Å². The Morgan fingerprint density at radius 2 is 2.18 bits per heavy atom. The van der Waals surface area contributed by atoms with E-state index in [1.54, 1.807) is 6.07 Å². The van der Waals surface area contributed by atoms with Crippen LogP contribution < -0.4 is 5.32 Å². The lowest BCUT2D eigenvalue weighted by Gasteiger charge is -2.21. The van der Waals surface area contributed by atoms with E-state index in [1.165, 1.54) is 18.9 Å². The Bertz CT molecular complexity index is 386. The van der Waals surface area contributed by atoms with Crippen molar-refractivity contribution in [2.24, 2.45) is 5.92 Å². The maximum atomic E-state index is 13.6. The molecule has 0 aliphatic heterocycles. The predicted molar refractivity (Wildman–Crippen MR) is 69.3 cm³/mol. The summed E-state index contributed by atoms with van der Waals surface area (Å²) in [6.07, 6.45) is 8.07. The normalized spacial score (nSPS) is 21.4. The van der Waals surface area contributed by atoms with E-state index in [4.69, 9.17) is 0 Å². The van der Waals surface area contributed by atoms with Gasteiger partial charge in [-0.15, -0.1) is 0 Å². The molecular formula is C15H20FN. The molecule has 0 heterocycles. The minimum absolute atomic E-state index is 0.0853. The molecule has 0 bridgehead atoms. The summed E-state index contributed by atoms with van der Waals surface area (Å²) in [6, 6.07) is 7.09. The van der Waals surface area contributed by atoms with Gasteiger partial charge in [0.25, 0.3) is 0 Å². The Morgan fingerprint density at radius 1 is 1.35 bits per heavy atom. The highest BCUT2D eigenvalue weighted by molar-refractivity contribution is 5.20. The molecule has 0 amide bonds. The van der Waals surface area contributed by atoms with Crippen molar-refractivity contribution in [2.45, 2.75) is 32.2 Å². The zero-order valence-electron chi connectivity index (χ0n) is 10.3. The zero-order valence-corrected chi connectivity index (χ0v) is 10.3. The smallest absolute Gasteiger partial charge is 0.127 e. The lowest BCUT2D eigenvalue weighted by Crippen LogP contribution is -2.26. The summed E-state index contributed by atoms with van der Waals surface area (Å²) in [4.78, 5) is 0. The molecule has 1 aliphatic carbocycles.